The van der Waals surface area contributed by atoms with E-state index in [0.717, 1.165) is 38.8 Å². The van der Waals surface area contributed by atoms with E-state index in [0.29, 0.717) is 35.5 Å². The topological polar surface area (TPSA) is 69.7 Å². The van der Waals surface area contributed by atoms with Crippen LogP contribution in [0, 0.1) is 40.9 Å². The van der Waals surface area contributed by atoms with Crippen LogP contribution in [0.25, 0.3) is 0 Å². The fourth-order valence-electron chi connectivity index (χ4n) is 8.58. The van der Waals surface area contributed by atoms with Crippen LogP contribution in [0.5, 0.6) is 0 Å². The largest absolute Gasteiger partial charge is 0.405 e. The van der Waals surface area contributed by atoms with Crippen molar-refractivity contribution >= 4 is 5.96 Å². The summed E-state index contributed by atoms with van der Waals surface area (Å²) in [6, 6.07) is -1.18. The van der Waals surface area contributed by atoms with Gasteiger partial charge in [0.25, 0.3) is 0 Å². The summed E-state index contributed by atoms with van der Waals surface area (Å²) in [5.74, 6) is 3.97. The number of rotatable bonds is 5. The van der Waals surface area contributed by atoms with Crippen molar-refractivity contribution in [3.8, 4) is 0 Å². The number of nitrogens with zero attached hydrogens (tertiary/aromatic N) is 3. The fraction of sp³-hybridized carbons (Fsp3) is 0.964. The van der Waals surface area contributed by atoms with Crippen LogP contribution in [0.3, 0.4) is 0 Å². The van der Waals surface area contributed by atoms with Gasteiger partial charge in [0.05, 0.1) is 18.4 Å². The smallest absolute Gasteiger partial charge is 0.338 e. The van der Waals surface area contributed by atoms with E-state index in [1.54, 1.807) is 0 Å². The van der Waals surface area contributed by atoms with Crippen LogP contribution < -0.4 is 16.0 Å². The van der Waals surface area contributed by atoms with Crippen LogP contribution in [0.4, 0.5) is 13.2 Å². The monoisotopic (exact) mass is 541 g/mol. The quantitative estimate of drug-likeness (QED) is 0.426. The molecule has 4 N–H and O–H groups in total. The van der Waals surface area contributed by atoms with Crippen molar-refractivity contribution in [2.75, 3.05) is 33.7 Å². The lowest BCUT2D eigenvalue weighted by atomic mass is 9.67. The van der Waals surface area contributed by atoms with Crippen molar-refractivity contribution in [2.45, 2.75) is 102 Å². The molecule has 5 fully saturated rings. The van der Waals surface area contributed by atoms with E-state index in [4.69, 9.17) is 5.41 Å². The first-order valence-electron chi connectivity index (χ1n) is 15.1. The maximum atomic E-state index is 13.3. The van der Waals surface area contributed by atoms with E-state index in [1.807, 2.05) is 19.0 Å². The van der Waals surface area contributed by atoms with Gasteiger partial charge in [0, 0.05) is 26.7 Å². The SMILES string of the molecule is CC(C)C1CCCC(C)C1C1NCC2C(N1)N(CC1CCC(C3NC(C(F)(F)F)CN3C)CC1)C(=N)N2C. The van der Waals surface area contributed by atoms with Gasteiger partial charge in [-0.2, -0.15) is 13.2 Å². The van der Waals surface area contributed by atoms with E-state index >= 15 is 0 Å². The van der Waals surface area contributed by atoms with Crippen LogP contribution in [-0.2, 0) is 0 Å². The second-order valence-electron chi connectivity index (χ2n) is 13.5. The van der Waals surface area contributed by atoms with Gasteiger partial charge < -0.3 is 9.80 Å². The Morgan fingerprint density at radius 3 is 2.34 bits per heavy atom. The summed E-state index contributed by atoms with van der Waals surface area (Å²) in [6.45, 7) is 8.92. The van der Waals surface area contributed by atoms with E-state index < -0.39 is 12.2 Å². The Hall–Kier alpha value is -1.10. The summed E-state index contributed by atoms with van der Waals surface area (Å²) in [5, 5.41) is 19.6. The maximum absolute atomic E-state index is 13.3. The van der Waals surface area contributed by atoms with Gasteiger partial charge >= 0.3 is 6.18 Å². The second kappa shape index (κ2) is 11.1. The number of alkyl halides is 3. The molecule has 5 aliphatic rings. The molecule has 2 saturated carbocycles. The molecule has 7 nitrogen and oxygen atoms in total. The molecule has 0 aromatic carbocycles. The minimum atomic E-state index is -4.19. The third-order valence-electron chi connectivity index (χ3n) is 10.8. The molecule has 8 atom stereocenters. The van der Waals surface area contributed by atoms with Crippen LogP contribution in [0.1, 0.15) is 65.7 Å². The van der Waals surface area contributed by atoms with Gasteiger partial charge in [-0.1, -0.05) is 33.6 Å². The van der Waals surface area contributed by atoms with Crippen molar-refractivity contribution in [2.24, 2.45) is 35.5 Å². The average Bonchev–Trinajstić information content (AvgIpc) is 3.38. The molecule has 38 heavy (non-hydrogen) atoms. The van der Waals surface area contributed by atoms with Gasteiger partial charge in [-0.05, 0) is 74.7 Å². The molecule has 2 aliphatic carbocycles. The molecular formula is C28H50F3N7. The minimum absolute atomic E-state index is 0.0343. The Balaban J connectivity index is 1.20. The molecule has 3 heterocycles. The first-order valence-corrected chi connectivity index (χ1v) is 15.1. The van der Waals surface area contributed by atoms with Crippen molar-refractivity contribution in [1.29, 1.82) is 5.41 Å². The highest BCUT2D eigenvalue weighted by atomic mass is 19.4. The van der Waals surface area contributed by atoms with Gasteiger partial charge in [-0.15, -0.1) is 0 Å². The first-order chi connectivity index (χ1) is 18.0. The highest BCUT2D eigenvalue weighted by Gasteiger charge is 2.50. The molecule has 0 aromatic heterocycles. The zero-order chi connectivity index (χ0) is 27.4. The molecule has 3 aliphatic heterocycles. The molecule has 3 saturated heterocycles. The third kappa shape index (κ3) is 5.44. The second-order valence-corrected chi connectivity index (χ2v) is 13.5. The zero-order valence-electron chi connectivity index (χ0n) is 23.9. The van der Waals surface area contributed by atoms with Gasteiger partial charge in [-0.3, -0.25) is 26.3 Å². The average molecular weight is 542 g/mol. The number of fused-ring (bicyclic) bond motifs is 1. The molecule has 5 rings (SSSR count). The van der Waals surface area contributed by atoms with E-state index in [1.165, 1.54) is 19.3 Å². The number of guanidine groups is 1. The molecule has 8 unspecified atom stereocenters. The number of hydrogen-bond donors (Lipinski definition) is 4. The van der Waals surface area contributed by atoms with E-state index in [2.05, 4.69) is 46.5 Å². The highest BCUT2D eigenvalue weighted by molar-refractivity contribution is 5.80. The Labute approximate surface area is 227 Å². The third-order valence-corrected chi connectivity index (χ3v) is 10.8. The molecule has 0 amide bonds. The normalized spacial score (nSPS) is 43.2. The summed E-state index contributed by atoms with van der Waals surface area (Å²) in [4.78, 5) is 6.26. The number of likely N-dealkylation sites (N-methyl/N-ethyl adjacent to an activating group) is 2. The fourth-order valence-corrected chi connectivity index (χ4v) is 8.58. The Morgan fingerprint density at radius 2 is 1.71 bits per heavy atom. The molecule has 218 valence electrons. The first kappa shape index (κ1) is 28.4. The van der Waals surface area contributed by atoms with Gasteiger partial charge in [0.1, 0.15) is 12.2 Å². The van der Waals surface area contributed by atoms with E-state index in [-0.39, 0.29) is 37.0 Å². The van der Waals surface area contributed by atoms with E-state index in [9.17, 15) is 13.2 Å². The lowest BCUT2D eigenvalue weighted by Gasteiger charge is -2.48. The molecule has 0 spiro atoms. The predicted octanol–water partition coefficient (Wildman–Crippen LogP) is 3.69. The van der Waals surface area contributed by atoms with Crippen molar-refractivity contribution in [1.82, 2.24) is 30.7 Å². The van der Waals surface area contributed by atoms with Crippen LogP contribution >= 0.6 is 0 Å². The predicted molar refractivity (Wildman–Crippen MR) is 144 cm³/mol. The summed E-state index contributed by atoms with van der Waals surface area (Å²) in [5.41, 5.74) is 0. The summed E-state index contributed by atoms with van der Waals surface area (Å²) in [7, 11) is 3.85. The lowest BCUT2D eigenvalue weighted by Crippen LogP contribution is -2.68. The summed E-state index contributed by atoms with van der Waals surface area (Å²) in [6.07, 6.45) is 3.83. The molecule has 0 aromatic rings. The Bertz CT molecular complexity index is 830. The van der Waals surface area contributed by atoms with Crippen molar-refractivity contribution in [3.63, 3.8) is 0 Å². The minimum Gasteiger partial charge on any atom is -0.338 e. The standard InChI is InChI=1S/C28H50F3N7/c1-16(2)20-8-6-7-17(3)23(20)24-33-13-21-26(35-24)38(27(32)37(21)5)14-18-9-11-19(12-10-18)25-34-22(15-36(25)4)28(29,30)31/h16-26,32-35H,6-15H2,1-5H3. The molecule has 10 heteroatoms. The van der Waals surface area contributed by atoms with Gasteiger partial charge in [0.2, 0.25) is 0 Å². The van der Waals surface area contributed by atoms with Gasteiger partial charge in [-0.25, -0.2) is 0 Å². The number of halogens is 3. The number of hydrogen-bond acceptors (Lipinski definition) is 5. The van der Waals surface area contributed by atoms with Gasteiger partial charge in [0.15, 0.2) is 5.96 Å². The van der Waals surface area contributed by atoms with Crippen LogP contribution in [0.2, 0.25) is 0 Å². The zero-order valence-corrected chi connectivity index (χ0v) is 23.9. The molecule has 0 bridgehead atoms. The van der Waals surface area contributed by atoms with Crippen LogP contribution in [-0.4, -0.2) is 91.1 Å². The molecule has 0 radical (unpaired) electrons. The summed E-state index contributed by atoms with van der Waals surface area (Å²) < 4.78 is 39.8. The maximum Gasteiger partial charge on any atom is 0.405 e. The lowest BCUT2D eigenvalue weighted by molar-refractivity contribution is -0.150. The van der Waals surface area contributed by atoms with Crippen molar-refractivity contribution in [3.05, 3.63) is 0 Å². The highest BCUT2D eigenvalue weighted by Crippen LogP contribution is 2.42. The molecular weight excluding hydrogens is 491 g/mol. The van der Waals surface area contributed by atoms with Crippen LogP contribution in [0.15, 0.2) is 0 Å². The summed E-state index contributed by atoms with van der Waals surface area (Å²) >= 11 is 0. The number of nitrogens with one attached hydrogen (secondary N) is 4. The Kier molecular flexibility index (Phi) is 8.27. The van der Waals surface area contributed by atoms with Crippen molar-refractivity contribution < 1.29 is 13.2 Å². The Morgan fingerprint density at radius 1 is 1.00 bits per heavy atom.